The molecule has 4 heteroatoms. The van der Waals surface area contributed by atoms with Crippen LogP contribution in [-0.2, 0) is 0 Å². The highest BCUT2D eigenvalue weighted by Gasteiger charge is 2.12. The molecule has 186 valence electrons. The van der Waals surface area contributed by atoms with E-state index in [-0.39, 0.29) is 6.04 Å². The van der Waals surface area contributed by atoms with Crippen LogP contribution in [-0.4, -0.2) is 55.3 Å². The lowest BCUT2D eigenvalue weighted by Gasteiger charge is -2.27. The van der Waals surface area contributed by atoms with Crippen LogP contribution in [0.15, 0.2) is 53.5 Å². The zero-order valence-corrected chi connectivity index (χ0v) is 22.4. The first kappa shape index (κ1) is 30.8. The molecule has 0 aliphatic carbocycles. The van der Waals surface area contributed by atoms with E-state index in [1.807, 2.05) is 26.1 Å². The third kappa shape index (κ3) is 15.3. The second-order valence-electron chi connectivity index (χ2n) is 8.77. The number of nitrogens with one attached hydrogen (secondary N) is 1. The fourth-order valence-electron chi connectivity index (χ4n) is 3.68. The van der Waals surface area contributed by atoms with Gasteiger partial charge in [0, 0.05) is 50.2 Å². The molecule has 0 fully saturated rings. The molecule has 0 saturated heterocycles. The van der Waals surface area contributed by atoms with E-state index in [1.165, 1.54) is 0 Å². The number of hydrogen-bond donors (Lipinski definition) is 1. The van der Waals surface area contributed by atoms with Gasteiger partial charge in [0.1, 0.15) is 0 Å². The lowest BCUT2D eigenvalue weighted by Crippen LogP contribution is -2.33. The average Bonchev–Trinajstić information content (AvgIpc) is 2.80. The van der Waals surface area contributed by atoms with E-state index in [0.29, 0.717) is 5.92 Å². The minimum absolute atomic E-state index is 0.217. The largest absolute Gasteiger partial charge is 0.383 e. The first-order valence-electron chi connectivity index (χ1n) is 12.6. The third-order valence-corrected chi connectivity index (χ3v) is 6.04. The second kappa shape index (κ2) is 19.2. The molecule has 0 spiro atoms. The smallest absolute Gasteiger partial charge is 0.0580 e. The summed E-state index contributed by atoms with van der Waals surface area (Å²) in [6, 6.07) is 0.217. The van der Waals surface area contributed by atoms with Gasteiger partial charge >= 0.3 is 0 Å². The van der Waals surface area contributed by atoms with E-state index in [9.17, 15) is 0 Å². The van der Waals surface area contributed by atoms with E-state index in [1.54, 1.807) is 0 Å². The number of terminal acetylenes is 1. The topological polar surface area (TPSA) is 30.9 Å². The van der Waals surface area contributed by atoms with Crippen molar-refractivity contribution >= 4 is 6.21 Å². The molecule has 2 atom stereocenters. The molecule has 0 saturated carbocycles. The van der Waals surface area contributed by atoms with E-state index in [0.717, 1.165) is 81.8 Å². The van der Waals surface area contributed by atoms with Gasteiger partial charge in [0.15, 0.2) is 0 Å². The number of nitrogens with zero attached hydrogens (tertiary/aromatic N) is 3. The lowest BCUT2D eigenvalue weighted by atomic mass is 9.95. The molecule has 0 aromatic carbocycles. The Hall–Kier alpha value is -2.25. The molecule has 0 aromatic heterocycles. The molecule has 33 heavy (non-hydrogen) atoms. The minimum atomic E-state index is 0.217. The van der Waals surface area contributed by atoms with Crippen molar-refractivity contribution in [3.8, 4) is 12.3 Å². The van der Waals surface area contributed by atoms with Crippen molar-refractivity contribution in [3.63, 3.8) is 0 Å². The summed E-state index contributed by atoms with van der Waals surface area (Å²) >= 11 is 0. The maximum atomic E-state index is 5.42. The molecular formula is C29H50N4. The van der Waals surface area contributed by atoms with Crippen LogP contribution in [0.4, 0.5) is 0 Å². The van der Waals surface area contributed by atoms with Crippen LogP contribution in [0.25, 0.3) is 0 Å². The van der Waals surface area contributed by atoms with E-state index < -0.39 is 0 Å². The quantitative estimate of drug-likeness (QED) is 0.106. The Morgan fingerprint density at radius 1 is 1.15 bits per heavy atom. The zero-order valence-electron chi connectivity index (χ0n) is 22.4. The van der Waals surface area contributed by atoms with Crippen LogP contribution in [0.5, 0.6) is 0 Å². The zero-order chi connectivity index (χ0) is 25.1. The number of aliphatic imine (C=N–C) groups is 1. The van der Waals surface area contributed by atoms with Crippen LogP contribution < -0.4 is 5.32 Å². The molecule has 0 heterocycles. The first-order valence-corrected chi connectivity index (χ1v) is 12.6. The molecule has 0 amide bonds. The summed E-state index contributed by atoms with van der Waals surface area (Å²) in [4.78, 5) is 9.12. The Morgan fingerprint density at radius 2 is 1.85 bits per heavy atom. The maximum Gasteiger partial charge on any atom is 0.0580 e. The Balaban J connectivity index is 4.87. The summed E-state index contributed by atoms with van der Waals surface area (Å²) < 4.78 is 0. The highest BCUT2D eigenvalue weighted by Crippen LogP contribution is 2.18. The number of unbranched alkanes of at least 4 members (excludes halogenated alkanes) is 1. The predicted molar refractivity (Wildman–Crippen MR) is 148 cm³/mol. The standard InChI is InChI=1S/C29H50N4/c1-10-15-16-17-25(6)24-29(21-20-28(11-2)30-12-3)31-26(7)18-19-27(8)32(9)22-23-33(13-4)14-5/h1,11-12,20-21,25,29,31H,7-8,13-19,22-24H2,2-6,9H3/b21-20?,28-11-,30-12?. The summed E-state index contributed by atoms with van der Waals surface area (Å²) in [6.07, 6.45) is 19.5. The van der Waals surface area contributed by atoms with Gasteiger partial charge in [-0.25, -0.2) is 0 Å². The van der Waals surface area contributed by atoms with Crippen LogP contribution in [0.2, 0.25) is 0 Å². The van der Waals surface area contributed by atoms with E-state index in [2.05, 4.69) is 79.2 Å². The van der Waals surface area contributed by atoms with Gasteiger partial charge in [-0.05, 0) is 71.0 Å². The summed E-state index contributed by atoms with van der Waals surface area (Å²) in [6.45, 7) is 23.5. The Kier molecular flexibility index (Phi) is 17.9. The number of hydrogen-bond acceptors (Lipinski definition) is 4. The van der Waals surface area contributed by atoms with Crippen LogP contribution in [0, 0.1) is 18.3 Å². The van der Waals surface area contributed by atoms with Crippen molar-refractivity contribution in [3.05, 3.63) is 48.5 Å². The predicted octanol–water partition coefficient (Wildman–Crippen LogP) is 6.41. The van der Waals surface area contributed by atoms with Crippen LogP contribution in [0.3, 0.4) is 0 Å². The SMILES string of the molecule is C#CCCCC(C)CC(C=C/C(=C/C)N=CC)NC(=C)CCC(=C)N(C)CCN(CC)CC. The van der Waals surface area contributed by atoms with E-state index in [4.69, 9.17) is 6.42 Å². The Labute approximate surface area is 205 Å². The molecule has 0 aliphatic heterocycles. The van der Waals surface area contributed by atoms with Gasteiger partial charge in [-0.2, -0.15) is 0 Å². The van der Waals surface area contributed by atoms with Gasteiger partial charge in [-0.15, -0.1) is 12.3 Å². The maximum absolute atomic E-state index is 5.42. The molecule has 0 aliphatic rings. The third-order valence-electron chi connectivity index (χ3n) is 6.04. The second-order valence-corrected chi connectivity index (χ2v) is 8.77. The molecule has 4 nitrogen and oxygen atoms in total. The van der Waals surface area contributed by atoms with Gasteiger partial charge in [0.2, 0.25) is 0 Å². The molecule has 0 aromatic rings. The van der Waals surface area contributed by atoms with Gasteiger partial charge in [0.25, 0.3) is 0 Å². The summed E-state index contributed by atoms with van der Waals surface area (Å²) in [5.74, 6) is 3.33. The molecule has 0 radical (unpaired) electrons. The minimum Gasteiger partial charge on any atom is -0.383 e. The Bertz CT molecular complexity index is 676. The van der Waals surface area contributed by atoms with Crippen molar-refractivity contribution in [1.82, 2.24) is 15.1 Å². The molecule has 0 rings (SSSR count). The molecular weight excluding hydrogens is 404 g/mol. The average molecular weight is 455 g/mol. The first-order chi connectivity index (χ1) is 15.8. The van der Waals surface area contributed by atoms with Crippen molar-refractivity contribution in [1.29, 1.82) is 0 Å². The van der Waals surface area contributed by atoms with Crippen molar-refractivity contribution < 1.29 is 0 Å². The number of likely N-dealkylation sites (N-methyl/N-ethyl adjacent to an activating group) is 2. The summed E-state index contributed by atoms with van der Waals surface area (Å²) in [5, 5.41) is 3.65. The monoisotopic (exact) mass is 454 g/mol. The highest BCUT2D eigenvalue weighted by atomic mass is 15.2. The van der Waals surface area contributed by atoms with Crippen molar-refractivity contribution in [2.75, 3.05) is 33.2 Å². The highest BCUT2D eigenvalue weighted by molar-refractivity contribution is 5.56. The van der Waals surface area contributed by atoms with Gasteiger partial charge in [-0.3, -0.25) is 4.99 Å². The molecule has 1 N–H and O–H groups in total. The van der Waals surface area contributed by atoms with Crippen LogP contribution >= 0.6 is 0 Å². The normalized spacial score (nSPS) is 13.9. The van der Waals surface area contributed by atoms with Crippen LogP contribution in [0.1, 0.15) is 73.1 Å². The summed E-state index contributed by atoms with van der Waals surface area (Å²) in [5.41, 5.74) is 3.19. The number of rotatable bonds is 19. The van der Waals surface area contributed by atoms with Crippen molar-refractivity contribution in [2.24, 2.45) is 10.9 Å². The van der Waals surface area contributed by atoms with Gasteiger partial charge in [0.05, 0.1) is 5.70 Å². The Morgan fingerprint density at radius 3 is 2.42 bits per heavy atom. The lowest BCUT2D eigenvalue weighted by molar-refractivity contribution is 0.262. The summed E-state index contributed by atoms with van der Waals surface area (Å²) in [7, 11) is 2.14. The van der Waals surface area contributed by atoms with Crippen molar-refractivity contribution in [2.45, 2.75) is 79.2 Å². The van der Waals surface area contributed by atoms with E-state index >= 15 is 0 Å². The fraction of sp³-hybridized carbons (Fsp3) is 0.621. The number of allylic oxidation sites excluding steroid dienone is 4. The van der Waals surface area contributed by atoms with Gasteiger partial charge < -0.3 is 15.1 Å². The molecule has 2 unspecified atom stereocenters. The molecule has 0 bridgehead atoms. The van der Waals surface area contributed by atoms with Gasteiger partial charge in [-0.1, -0.05) is 46.1 Å². The fourth-order valence-corrected chi connectivity index (χ4v) is 3.68.